The van der Waals surface area contributed by atoms with Crippen molar-refractivity contribution in [2.24, 2.45) is 0 Å². The predicted molar refractivity (Wildman–Crippen MR) is 129 cm³/mol. The number of carbonyl (C=O) groups excluding carboxylic acids is 1. The van der Waals surface area contributed by atoms with E-state index in [1.165, 1.54) is 37.2 Å². The Labute approximate surface area is 186 Å². The van der Waals surface area contributed by atoms with E-state index in [4.69, 9.17) is 4.74 Å². The minimum Gasteiger partial charge on any atom is -0.449 e. The van der Waals surface area contributed by atoms with Crippen LogP contribution in [-0.2, 0) is 4.74 Å². The van der Waals surface area contributed by atoms with Crippen LogP contribution >= 0.6 is 11.3 Å². The Balaban J connectivity index is 1.12. The van der Waals surface area contributed by atoms with E-state index in [0.29, 0.717) is 13.2 Å². The molecule has 4 heteroatoms. The normalized spacial score (nSPS) is 12.8. The van der Waals surface area contributed by atoms with E-state index in [-0.39, 0.29) is 12.0 Å². The van der Waals surface area contributed by atoms with E-state index in [2.05, 4.69) is 84.2 Å². The molecule has 3 aromatic carbocycles. The molecular formula is C27H23NO2S. The van der Waals surface area contributed by atoms with Crippen molar-refractivity contribution in [2.75, 3.05) is 13.2 Å². The zero-order valence-corrected chi connectivity index (χ0v) is 17.9. The summed E-state index contributed by atoms with van der Waals surface area (Å²) in [6, 6.07) is 27.3. The fraction of sp³-hybridized carbons (Fsp3) is 0.148. The molecule has 1 aliphatic carbocycles. The smallest absolute Gasteiger partial charge is 0.407 e. The van der Waals surface area contributed by atoms with Crippen LogP contribution in [0.5, 0.6) is 0 Å². The number of ether oxygens (including phenoxy) is 1. The van der Waals surface area contributed by atoms with E-state index in [1.807, 2.05) is 12.1 Å². The molecule has 0 aliphatic heterocycles. The quantitative estimate of drug-likeness (QED) is 0.343. The van der Waals surface area contributed by atoms with Gasteiger partial charge in [-0.1, -0.05) is 72.8 Å². The summed E-state index contributed by atoms with van der Waals surface area (Å²) in [5, 5.41) is 4.13. The summed E-state index contributed by atoms with van der Waals surface area (Å²) in [6.07, 6.45) is 4.61. The molecule has 3 nitrogen and oxygen atoms in total. The van der Waals surface area contributed by atoms with Crippen LogP contribution in [-0.4, -0.2) is 19.2 Å². The van der Waals surface area contributed by atoms with Gasteiger partial charge in [-0.15, -0.1) is 11.3 Å². The summed E-state index contributed by atoms with van der Waals surface area (Å²) in [5.41, 5.74) is 4.92. The topological polar surface area (TPSA) is 38.3 Å². The van der Waals surface area contributed by atoms with Crippen molar-refractivity contribution in [3.05, 3.63) is 101 Å². The van der Waals surface area contributed by atoms with Crippen LogP contribution in [0.2, 0.25) is 0 Å². The molecule has 154 valence electrons. The first-order chi connectivity index (χ1) is 15.3. The Morgan fingerprint density at radius 3 is 2.35 bits per heavy atom. The van der Waals surface area contributed by atoms with Crippen LogP contribution in [0, 0.1) is 0 Å². The highest BCUT2D eigenvalue weighted by Crippen LogP contribution is 2.44. The second-order valence-corrected chi connectivity index (χ2v) is 8.75. The molecule has 0 radical (unpaired) electrons. The number of alkyl carbamates (subject to hydrolysis) is 1. The number of benzene rings is 3. The van der Waals surface area contributed by atoms with E-state index < -0.39 is 0 Å². The maximum Gasteiger partial charge on any atom is 0.407 e. The van der Waals surface area contributed by atoms with Gasteiger partial charge in [0.2, 0.25) is 0 Å². The zero-order valence-electron chi connectivity index (χ0n) is 17.1. The molecule has 4 aromatic rings. The maximum absolute atomic E-state index is 12.2. The van der Waals surface area contributed by atoms with Crippen molar-refractivity contribution in [3.8, 4) is 11.1 Å². The molecule has 0 atom stereocenters. The summed E-state index contributed by atoms with van der Waals surface area (Å²) in [5.74, 6) is 0.0889. The van der Waals surface area contributed by atoms with Gasteiger partial charge in [0, 0.05) is 22.0 Å². The molecule has 0 unspecified atom stereocenters. The molecular weight excluding hydrogens is 402 g/mol. The van der Waals surface area contributed by atoms with Crippen molar-refractivity contribution in [3.63, 3.8) is 0 Å². The highest BCUT2D eigenvalue weighted by Gasteiger charge is 2.28. The second kappa shape index (κ2) is 8.78. The van der Waals surface area contributed by atoms with Crippen LogP contribution in [0.1, 0.15) is 28.3 Å². The van der Waals surface area contributed by atoms with Crippen LogP contribution in [0.4, 0.5) is 4.79 Å². The Morgan fingerprint density at radius 2 is 1.61 bits per heavy atom. The SMILES string of the molecule is O=C(NCCC=Cc1cc2ccccc2s1)OCC1c2ccccc2-c2ccccc21. The minimum absolute atomic E-state index is 0.0889. The van der Waals surface area contributed by atoms with Crippen LogP contribution < -0.4 is 5.32 Å². The Kier molecular flexibility index (Phi) is 5.55. The van der Waals surface area contributed by atoms with Gasteiger partial charge in [0.1, 0.15) is 6.61 Å². The second-order valence-electron chi connectivity index (χ2n) is 7.63. The summed E-state index contributed by atoms with van der Waals surface area (Å²) < 4.78 is 6.86. The molecule has 1 aromatic heterocycles. The molecule has 0 saturated heterocycles. The minimum atomic E-state index is -0.364. The highest BCUT2D eigenvalue weighted by molar-refractivity contribution is 7.19. The maximum atomic E-state index is 12.2. The Hall–Kier alpha value is -3.37. The third kappa shape index (κ3) is 4.12. The van der Waals surface area contributed by atoms with E-state index >= 15 is 0 Å². The van der Waals surface area contributed by atoms with Crippen LogP contribution in [0.15, 0.2) is 84.9 Å². The molecule has 1 aliphatic rings. The lowest BCUT2D eigenvalue weighted by atomic mass is 9.98. The molecule has 5 rings (SSSR count). The molecule has 0 fully saturated rings. The first-order valence-corrected chi connectivity index (χ1v) is 11.4. The van der Waals surface area contributed by atoms with Gasteiger partial charge in [0.25, 0.3) is 0 Å². The molecule has 1 N–H and O–H groups in total. The van der Waals surface area contributed by atoms with Crippen molar-refractivity contribution < 1.29 is 9.53 Å². The van der Waals surface area contributed by atoms with E-state index in [9.17, 15) is 4.79 Å². The van der Waals surface area contributed by atoms with Crippen LogP contribution in [0.25, 0.3) is 27.3 Å². The first-order valence-electron chi connectivity index (χ1n) is 10.5. The number of thiophene rings is 1. The van der Waals surface area contributed by atoms with Crippen molar-refractivity contribution in [1.29, 1.82) is 0 Å². The molecule has 31 heavy (non-hydrogen) atoms. The lowest BCUT2D eigenvalue weighted by molar-refractivity contribution is 0.143. The average Bonchev–Trinajstić information content (AvgIpc) is 3.36. The monoisotopic (exact) mass is 425 g/mol. The van der Waals surface area contributed by atoms with Gasteiger partial charge in [-0.25, -0.2) is 4.79 Å². The van der Waals surface area contributed by atoms with E-state index in [1.54, 1.807) is 11.3 Å². The number of fused-ring (bicyclic) bond motifs is 4. The number of carbonyl (C=O) groups is 1. The first kappa shape index (κ1) is 19.6. The Bertz CT molecular complexity index is 1180. The fourth-order valence-corrected chi connectivity index (χ4v) is 5.19. The summed E-state index contributed by atoms with van der Waals surface area (Å²) in [6.45, 7) is 0.898. The third-order valence-corrected chi connectivity index (χ3v) is 6.73. The standard InChI is InChI=1S/C27H23NO2S/c29-27(28-16-8-7-10-20-17-19-9-1-6-15-26(19)31-20)30-18-25-23-13-4-2-11-21(23)22-12-3-5-14-24(22)25/h1-7,9-15,17,25H,8,16,18H2,(H,28,29). The van der Waals surface area contributed by atoms with Crippen LogP contribution in [0.3, 0.4) is 0 Å². The summed E-state index contributed by atoms with van der Waals surface area (Å²) in [7, 11) is 0. The van der Waals surface area contributed by atoms with E-state index in [0.717, 1.165) is 6.42 Å². The summed E-state index contributed by atoms with van der Waals surface area (Å²) in [4.78, 5) is 13.4. The molecule has 1 amide bonds. The van der Waals surface area contributed by atoms with Gasteiger partial charge in [-0.3, -0.25) is 0 Å². The lowest BCUT2D eigenvalue weighted by Crippen LogP contribution is -2.26. The van der Waals surface area contributed by atoms with Gasteiger partial charge in [-0.2, -0.15) is 0 Å². The van der Waals surface area contributed by atoms with Crippen molar-refractivity contribution in [2.45, 2.75) is 12.3 Å². The number of nitrogens with one attached hydrogen (secondary N) is 1. The molecule has 1 heterocycles. The molecule has 0 spiro atoms. The van der Waals surface area contributed by atoms with Crippen molar-refractivity contribution >= 4 is 33.6 Å². The number of hydrogen-bond acceptors (Lipinski definition) is 3. The van der Waals surface area contributed by atoms with Gasteiger partial charge < -0.3 is 10.1 Å². The number of rotatable bonds is 6. The largest absolute Gasteiger partial charge is 0.449 e. The van der Waals surface area contributed by atoms with Gasteiger partial charge in [0.15, 0.2) is 0 Å². The Morgan fingerprint density at radius 1 is 0.935 bits per heavy atom. The van der Waals surface area contributed by atoms with Gasteiger partial charge in [-0.05, 0) is 52.3 Å². The number of hydrogen-bond donors (Lipinski definition) is 1. The zero-order chi connectivity index (χ0) is 21.0. The molecule has 0 bridgehead atoms. The number of amides is 1. The fourth-order valence-electron chi connectivity index (χ4n) is 4.19. The van der Waals surface area contributed by atoms with Gasteiger partial charge in [0.05, 0.1) is 0 Å². The van der Waals surface area contributed by atoms with Crippen molar-refractivity contribution in [1.82, 2.24) is 5.32 Å². The molecule has 0 saturated carbocycles. The summed E-state index contributed by atoms with van der Waals surface area (Å²) >= 11 is 1.77. The highest BCUT2D eigenvalue weighted by atomic mass is 32.1. The third-order valence-electron chi connectivity index (χ3n) is 5.65. The van der Waals surface area contributed by atoms with Gasteiger partial charge >= 0.3 is 6.09 Å². The lowest BCUT2D eigenvalue weighted by Gasteiger charge is -2.14. The predicted octanol–water partition coefficient (Wildman–Crippen LogP) is 6.84. The average molecular weight is 426 g/mol.